The highest BCUT2D eigenvalue weighted by Gasteiger charge is 2.35. The summed E-state index contributed by atoms with van der Waals surface area (Å²) in [4.78, 5) is 35.3. The molecule has 1 atom stereocenters. The van der Waals surface area contributed by atoms with Gasteiger partial charge in [0.15, 0.2) is 0 Å². The van der Waals surface area contributed by atoms with Crippen molar-refractivity contribution < 1.29 is 9.59 Å². The molecule has 1 aromatic carbocycles. The van der Waals surface area contributed by atoms with E-state index in [4.69, 9.17) is 0 Å². The minimum absolute atomic E-state index is 0.0211. The van der Waals surface area contributed by atoms with Crippen molar-refractivity contribution in [2.75, 3.05) is 6.54 Å². The fourth-order valence-electron chi connectivity index (χ4n) is 3.13. The summed E-state index contributed by atoms with van der Waals surface area (Å²) in [5.74, 6) is -0.171. The van der Waals surface area contributed by atoms with Gasteiger partial charge < -0.3 is 10.2 Å². The molecule has 1 saturated carbocycles. The molecule has 0 spiro atoms. The minimum atomic E-state index is -0.347. The number of carbonyl (C=O) groups excluding carboxylic acids is 2. The normalized spacial score (nSPS) is 20.3. The molecule has 6 nitrogen and oxygen atoms in total. The summed E-state index contributed by atoms with van der Waals surface area (Å²) in [5.41, 5.74) is 2.24. The Bertz CT molecular complexity index is 844. The fraction of sp³-hybridized carbons (Fsp3) is 0.368. The Balaban J connectivity index is 1.45. The van der Waals surface area contributed by atoms with Crippen molar-refractivity contribution in [2.24, 2.45) is 0 Å². The number of amides is 2. The Morgan fingerprint density at radius 3 is 2.76 bits per heavy atom. The number of rotatable bonds is 4. The Kier molecular flexibility index (Phi) is 4.17. The first-order valence-electron chi connectivity index (χ1n) is 8.71. The number of para-hydroxylation sites is 2. The lowest BCUT2D eigenvalue weighted by Gasteiger charge is -2.22. The van der Waals surface area contributed by atoms with Gasteiger partial charge in [0.25, 0.3) is 0 Å². The Hall–Kier alpha value is -2.76. The van der Waals surface area contributed by atoms with Crippen molar-refractivity contribution in [1.29, 1.82) is 0 Å². The summed E-state index contributed by atoms with van der Waals surface area (Å²) in [6.45, 7) is 0.620. The zero-order chi connectivity index (χ0) is 17.2. The molecular formula is C19H20N4O2. The first-order chi connectivity index (χ1) is 12.2. The molecule has 1 saturated heterocycles. The van der Waals surface area contributed by atoms with Crippen molar-refractivity contribution in [2.45, 2.75) is 37.8 Å². The number of likely N-dealkylation sites (tertiary alicyclic amines) is 1. The molecule has 1 N–H and O–H groups in total. The van der Waals surface area contributed by atoms with E-state index in [1.807, 2.05) is 24.3 Å². The van der Waals surface area contributed by atoms with Crippen LogP contribution in [0.5, 0.6) is 0 Å². The van der Waals surface area contributed by atoms with Gasteiger partial charge in [0, 0.05) is 18.7 Å². The van der Waals surface area contributed by atoms with Crippen LogP contribution in [0.25, 0.3) is 17.1 Å². The van der Waals surface area contributed by atoms with Crippen LogP contribution in [0.3, 0.4) is 0 Å². The van der Waals surface area contributed by atoms with Gasteiger partial charge in [0.1, 0.15) is 6.04 Å². The molecule has 2 aliphatic rings. The van der Waals surface area contributed by atoms with Crippen molar-refractivity contribution in [3.05, 3.63) is 42.2 Å². The van der Waals surface area contributed by atoms with E-state index in [0.29, 0.717) is 18.3 Å². The van der Waals surface area contributed by atoms with Crippen LogP contribution in [0.1, 0.15) is 31.4 Å². The Morgan fingerprint density at radius 1 is 1.16 bits per heavy atom. The lowest BCUT2D eigenvalue weighted by Crippen LogP contribution is -2.46. The second kappa shape index (κ2) is 6.63. The number of nitrogens with one attached hydrogen (secondary N) is 1. The maximum absolute atomic E-state index is 12.5. The second-order valence-electron chi connectivity index (χ2n) is 6.59. The Morgan fingerprint density at radius 2 is 1.96 bits per heavy atom. The quantitative estimate of drug-likeness (QED) is 0.866. The van der Waals surface area contributed by atoms with Crippen molar-refractivity contribution in [1.82, 2.24) is 20.2 Å². The van der Waals surface area contributed by atoms with Crippen LogP contribution in [-0.4, -0.2) is 45.3 Å². The van der Waals surface area contributed by atoms with Crippen LogP contribution in [0.2, 0.25) is 0 Å². The van der Waals surface area contributed by atoms with Crippen molar-refractivity contribution in [3.8, 4) is 0 Å². The topological polar surface area (TPSA) is 75.2 Å². The van der Waals surface area contributed by atoms with Crippen LogP contribution in [0.15, 0.2) is 36.5 Å². The lowest BCUT2D eigenvalue weighted by atomic mass is 10.2. The van der Waals surface area contributed by atoms with E-state index in [1.165, 1.54) is 6.08 Å². The lowest BCUT2D eigenvalue weighted by molar-refractivity contribution is -0.135. The smallest absolute Gasteiger partial charge is 0.247 e. The molecular weight excluding hydrogens is 316 g/mol. The van der Waals surface area contributed by atoms with Gasteiger partial charge in [-0.25, -0.2) is 4.98 Å². The van der Waals surface area contributed by atoms with Crippen LogP contribution in [0, 0.1) is 0 Å². The van der Waals surface area contributed by atoms with Crippen molar-refractivity contribution in [3.63, 3.8) is 0 Å². The van der Waals surface area contributed by atoms with E-state index in [2.05, 4.69) is 15.3 Å². The molecule has 2 heterocycles. The van der Waals surface area contributed by atoms with E-state index in [-0.39, 0.29) is 17.9 Å². The zero-order valence-corrected chi connectivity index (χ0v) is 13.9. The first kappa shape index (κ1) is 15.7. The van der Waals surface area contributed by atoms with Crippen LogP contribution >= 0.6 is 0 Å². The highest BCUT2D eigenvalue weighted by molar-refractivity contribution is 5.96. The number of fused-ring (bicyclic) bond motifs is 1. The van der Waals surface area contributed by atoms with Gasteiger partial charge in [-0.1, -0.05) is 12.1 Å². The summed E-state index contributed by atoms with van der Waals surface area (Å²) in [7, 11) is 0. The highest BCUT2D eigenvalue weighted by Crippen LogP contribution is 2.22. The third-order valence-corrected chi connectivity index (χ3v) is 4.63. The summed E-state index contributed by atoms with van der Waals surface area (Å²) < 4.78 is 0. The van der Waals surface area contributed by atoms with Gasteiger partial charge in [-0.2, -0.15) is 0 Å². The number of benzene rings is 1. The van der Waals surface area contributed by atoms with Crippen molar-refractivity contribution >= 4 is 28.9 Å². The molecule has 128 valence electrons. The molecule has 2 amide bonds. The molecule has 0 radical (unpaired) electrons. The molecule has 2 fully saturated rings. The molecule has 25 heavy (non-hydrogen) atoms. The molecule has 2 aromatic rings. The molecule has 0 unspecified atom stereocenters. The van der Waals surface area contributed by atoms with Gasteiger partial charge in [-0.15, -0.1) is 0 Å². The summed E-state index contributed by atoms with van der Waals surface area (Å²) in [5, 5.41) is 3.00. The van der Waals surface area contributed by atoms with E-state index >= 15 is 0 Å². The predicted molar refractivity (Wildman–Crippen MR) is 94.5 cm³/mol. The molecule has 1 aliphatic heterocycles. The number of hydrogen-bond acceptors (Lipinski definition) is 4. The SMILES string of the molecule is O=C(NC1CC1)[C@H]1CCCN1C(=O)/C=C/c1cnc2ccccc2n1. The minimum Gasteiger partial charge on any atom is -0.352 e. The number of hydrogen-bond donors (Lipinski definition) is 1. The molecule has 0 bridgehead atoms. The number of carbonyl (C=O) groups is 2. The molecule has 6 heteroatoms. The highest BCUT2D eigenvalue weighted by atomic mass is 16.2. The summed E-state index contributed by atoms with van der Waals surface area (Å²) >= 11 is 0. The van der Waals surface area contributed by atoms with E-state index in [9.17, 15) is 9.59 Å². The number of nitrogens with zero attached hydrogens (tertiary/aromatic N) is 3. The van der Waals surface area contributed by atoms with Gasteiger partial charge in [0.2, 0.25) is 11.8 Å². The average Bonchev–Trinajstić information content (AvgIpc) is 3.30. The van der Waals surface area contributed by atoms with E-state index in [0.717, 1.165) is 36.7 Å². The van der Waals surface area contributed by atoms with Gasteiger partial charge in [-0.3, -0.25) is 14.6 Å². The van der Waals surface area contributed by atoms with Crippen LogP contribution < -0.4 is 5.32 Å². The number of aromatic nitrogens is 2. The van der Waals surface area contributed by atoms with Crippen LogP contribution in [0.4, 0.5) is 0 Å². The average molecular weight is 336 g/mol. The van der Waals surface area contributed by atoms with Crippen LogP contribution in [-0.2, 0) is 9.59 Å². The van der Waals surface area contributed by atoms with Gasteiger partial charge >= 0.3 is 0 Å². The monoisotopic (exact) mass is 336 g/mol. The molecule has 1 aliphatic carbocycles. The van der Waals surface area contributed by atoms with E-state index in [1.54, 1.807) is 17.2 Å². The second-order valence-corrected chi connectivity index (χ2v) is 6.59. The largest absolute Gasteiger partial charge is 0.352 e. The fourth-order valence-corrected chi connectivity index (χ4v) is 3.13. The maximum Gasteiger partial charge on any atom is 0.247 e. The summed E-state index contributed by atoms with van der Waals surface area (Å²) in [6, 6.07) is 7.57. The Labute approximate surface area is 145 Å². The zero-order valence-electron chi connectivity index (χ0n) is 13.9. The van der Waals surface area contributed by atoms with Gasteiger partial charge in [0.05, 0.1) is 22.9 Å². The summed E-state index contributed by atoms with van der Waals surface area (Å²) in [6.07, 6.45) is 8.48. The third-order valence-electron chi connectivity index (χ3n) is 4.63. The third kappa shape index (κ3) is 3.52. The standard InChI is InChI=1S/C19H20N4O2/c24-18(23-11-3-6-17(23)19(25)22-13-7-8-13)10-9-14-12-20-15-4-1-2-5-16(15)21-14/h1-2,4-5,9-10,12-13,17H,3,6-8,11H2,(H,22,25)/b10-9+/t17-/m1/s1. The predicted octanol–water partition coefficient (Wildman–Crippen LogP) is 1.91. The first-order valence-corrected chi connectivity index (χ1v) is 8.71. The maximum atomic E-state index is 12.5. The van der Waals surface area contributed by atoms with Gasteiger partial charge in [-0.05, 0) is 43.9 Å². The molecule has 4 rings (SSSR count). The van der Waals surface area contributed by atoms with E-state index < -0.39 is 0 Å². The molecule has 1 aromatic heterocycles.